The lowest BCUT2D eigenvalue weighted by molar-refractivity contribution is -0.125. The van der Waals surface area contributed by atoms with Gasteiger partial charge in [-0.1, -0.05) is 20.8 Å². The monoisotopic (exact) mass is 131 g/mol. The van der Waals surface area contributed by atoms with Crippen LogP contribution in [-0.2, 0) is 4.79 Å². The number of amides is 1. The van der Waals surface area contributed by atoms with Crippen LogP contribution in [0.2, 0.25) is 0 Å². The predicted molar refractivity (Wildman–Crippen MR) is 40.2 cm³/mol. The van der Waals surface area contributed by atoms with Crippen LogP contribution in [0.5, 0.6) is 0 Å². The molecule has 0 saturated carbocycles. The molecule has 2 heteroatoms. The smallest absolute Gasteiger partial charge is 0.222 e. The number of hydrogen-bond donors (Lipinski definition) is 1. The Kier molecular flexibility index (Phi) is 3.28. The lowest BCUT2D eigenvalue weighted by Crippen LogP contribution is -2.28. The van der Waals surface area contributed by atoms with Crippen LogP contribution in [0.4, 0.5) is 0 Å². The zero-order chi connectivity index (χ0) is 7.44. The van der Waals surface area contributed by atoms with Gasteiger partial charge in [0.25, 0.3) is 0 Å². The van der Waals surface area contributed by atoms with E-state index >= 15 is 0 Å². The quantitative estimate of drug-likeness (QED) is 0.600. The van der Waals surface area contributed by atoms with Gasteiger partial charge in [0.15, 0.2) is 0 Å². The molecule has 0 spiro atoms. The van der Waals surface area contributed by atoms with E-state index in [4.69, 9.17) is 0 Å². The molecule has 0 fully saturated rings. The summed E-state index contributed by atoms with van der Waals surface area (Å²) in [6.45, 7) is 6.02. The molecule has 0 aliphatic carbocycles. The van der Waals surface area contributed by atoms with Gasteiger partial charge in [-0.05, 0) is 5.92 Å². The minimum absolute atomic E-state index is 0. The number of rotatable bonds is 2. The van der Waals surface area contributed by atoms with Crippen molar-refractivity contribution in [1.82, 2.24) is 5.32 Å². The van der Waals surface area contributed by atoms with Crippen LogP contribution in [-0.4, -0.2) is 13.0 Å². The van der Waals surface area contributed by atoms with E-state index in [2.05, 4.69) is 5.32 Å². The van der Waals surface area contributed by atoms with Gasteiger partial charge in [0.2, 0.25) is 5.91 Å². The van der Waals surface area contributed by atoms with Crippen molar-refractivity contribution in [1.29, 1.82) is 0 Å². The van der Waals surface area contributed by atoms with Crippen LogP contribution in [0.1, 0.15) is 22.2 Å². The Labute approximate surface area is 58.1 Å². The molecule has 9 heavy (non-hydrogen) atoms. The third-order valence-electron chi connectivity index (χ3n) is 1.66. The van der Waals surface area contributed by atoms with Crippen LogP contribution in [0.3, 0.4) is 0 Å². The van der Waals surface area contributed by atoms with E-state index in [0.29, 0.717) is 5.92 Å². The summed E-state index contributed by atoms with van der Waals surface area (Å²) in [4.78, 5) is 10.8. The Morgan fingerprint density at radius 2 is 1.89 bits per heavy atom. The highest BCUT2D eigenvalue weighted by Gasteiger charge is 2.13. The molecule has 1 amide bonds. The second kappa shape index (κ2) is 3.49. The molecular formula is C7H17NO. The van der Waals surface area contributed by atoms with Gasteiger partial charge >= 0.3 is 0 Å². The Morgan fingerprint density at radius 3 is 2.00 bits per heavy atom. The summed E-state index contributed by atoms with van der Waals surface area (Å²) >= 11 is 0. The zero-order valence-electron chi connectivity index (χ0n) is 6.56. The van der Waals surface area contributed by atoms with Gasteiger partial charge in [-0.3, -0.25) is 4.79 Å². The van der Waals surface area contributed by atoms with Gasteiger partial charge < -0.3 is 5.32 Å². The molecule has 0 aromatic carbocycles. The molecule has 0 aliphatic rings. The van der Waals surface area contributed by atoms with E-state index in [1.807, 2.05) is 20.8 Å². The Bertz CT molecular complexity index is 104. The highest BCUT2D eigenvalue weighted by Crippen LogP contribution is 2.08. The summed E-state index contributed by atoms with van der Waals surface area (Å²) in [5.74, 6) is 0.699. The SMILES string of the molecule is CNC(=O)[C@H](C)C(C)C.[HH]. The minimum Gasteiger partial charge on any atom is -0.359 e. The lowest BCUT2D eigenvalue weighted by Gasteiger charge is -2.12. The number of nitrogens with one attached hydrogen (secondary N) is 1. The molecule has 0 rings (SSSR count). The maximum absolute atomic E-state index is 10.8. The standard InChI is InChI=1S/C7H15NO.H2/c1-5(2)6(3)7(9)8-4;/h5-6H,1-4H3,(H,8,9);1H/t6-;/m1./s1. The predicted octanol–water partition coefficient (Wildman–Crippen LogP) is 1.27. The van der Waals surface area contributed by atoms with E-state index in [1.54, 1.807) is 7.05 Å². The number of carbonyl (C=O) groups excluding carboxylic acids is 1. The molecule has 0 aliphatic heterocycles. The van der Waals surface area contributed by atoms with Crippen molar-refractivity contribution >= 4 is 5.91 Å². The fourth-order valence-corrected chi connectivity index (χ4v) is 0.530. The maximum atomic E-state index is 10.8. The second-order valence-corrected chi connectivity index (χ2v) is 2.65. The van der Waals surface area contributed by atoms with Gasteiger partial charge in [0, 0.05) is 14.4 Å². The molecule has 0 aromatic rings. The van der Waals surface area contributed by atoms with Crippen LogP contribution in [0.25, 0.3) is 0 Å². The fraction of sp³-hybridized carbons (Fsp3) is 0.857. The van der Waals surface area contributed by atoms with Crippen molar-refractivity contribution in [2.24, 2.45) is 11.8 Å². The Morgan fingerprint density at radius 1 is 1.44 bits per heavy atom. The van der Waals surface area contributed by atoms with E-state index in [-0.39, 0.29) is 13.3 Å². The maximum Gasteiger partial charge on any atom is 0.222 e. The summed E-state index contributed by atoms with van der Waals surface area (Å²) in [6.07, 6.45) is 0. The van der Waals surface area contributed by atoms with Gasteiger partial charge in [0.05, 0.1) is 0 Å². The second-order valence-electron chi connectivity index (χ2n) is 2.65. The lowest BCUT2D eigenvalue weighted by atomic mass is 9.98. The van der Waals surface area contributed by atoms with E-state index in [0.717, 1.165) is 0 Å². The molecule has 56 valence electrons. The summed E-state index contributed by atoms with van der Waals surface area (Å²) in [6, 6.07) is 0. The summed E-state index contributed by atoms with van der Waals surface area (Å²) in [7, 11) is 1.67. The summed E-state index contributed by atoms with van der Waals surface area (Å²) < 4.78 is 0. The molecule has 1 N–H and O–H groups in total. The number of carbonyl (C=O) groups is 1. The first kappa shape index (κ1) is 8.47. The average molecular weight is 131 g/mol. The van der Waals surface area contributed by atoms with Crippen LogP contribution in [0, 0.1) is 11.8 Å². The third-order valence-corrected chi connectivity index (χ3v) is 1.66. The fourth-order valence-electron chi connectivity index (χ4n) is 0.530. The normalized spacial score (nSPS) is 13.4. The minimum atomic E-state index is 0. The van der Waals surface area contributed by atoms with E-state index in [1.165, 1.54) is 0 Å². The van der Waals surface area contributed by atoms with Gasteiger partial charge in [0.1, 0.15) is 0 Å². The van der Waals surface area contributed by atoms with Crippen LogP contribution >= 0.6 is 0 Å². The van der Waals surface area contributed by atoms with Crippen molar-refractivity contribution in [3.8, 4) is 0 Å². The van der Waals surface area contributed by atoms with Crippen molar-refractivity contribution in [3.05, 3.63) is 0 Å². The van der Waals surface area contributed by atoms with Gasteiger partial charge in [-0.15, -0.1) is 0 Å². The van der Waals surface area contributed by atoms with Crippen molar-refractivity contribution in [2.75, 3.05) is 7.05 Å². The number of hydrogen-bond acceptors (Lipinski definition) is 1. The van der Waals surface area contributed by atoms with Crippen LogP contribution in [0.15, 0.2) is 0 Å². The van der Waals surface area contributed by atoms with Crippen molar-refractivity contribution < 1.29 is 6.22 Å². The Balaban J connectivity index is 0. The molecule has 0 unspecified atom stereocenters. The van der Waals surface area contributed by atoms with Crippen LogP contribution < -0.4 is 5.32 Å². The van der Waals surface area contributed by atoms with E-state index < -0.39 is 0 Å². The molecular weight excluding hydrogens is 114 g/mol. The highest BCUT2D eigenvalue weighted by atomic mass is 16.1. The molecule has 0 aromatic heterocycles. The Hall–Kier alpha value is -0.530. The largest absolute Gasteiger partial charge is 0.359 e. The van der Waals surface area contributed by atoms with E-state index in [9.17, 15) is 4.79 Å². The summed E-state index contributed by atoms with van der Waals surface area (Å²) in [5, 5.41) is 2.61. The van der Waals surface area contributed by atoms with Gasteiger partial charge in [-0.2, -0.15) is 0 Å². The highest BCUT2D eigenvalue weighted by molar-refractivity contribution is 5.78. The third kappa shape index (κ3) is 2.49. The molecule has 0 radical (unpaired) electrons. The molecule has 0 saturated heterocycles. The molecule has 1 atom stereocenters. The first-order chi connectivity index (χ1) is 4.09. The zero-order valence-corrected chi connectivity index (χ0v) is 6.56. The molecule has 0 bridgehead atoms. The van der Waals surface area contributed by atoms with Crippen molar-refractivity contribution in [3.63, 3.8) is 0 Å². The molecule has 0 heterocycles. The first-order valence-electron chi connectivity index (χ1n) is 3.31. The van der Waals surface area contributed by atoms with Gasteiger partial charge in [-0.25, -0.2) is 0 Å². The summed E-state index contributed by atoms with van der Waals surface area (Å²) in [5.41, 5.74) is 0. The molecule has 2 nitrogen and oxygen atoms in total. The average Bonchev–Trinajstić information content (AvgIpc) is 1.84. The topological polar surface area (TPSA) is 29.1 Å². The van der Waals surface area contributed by atoms with Crippen molar-refractivity contribution in [2.45, 2.75) is 20.8 Å². The first-order valence-corrected chi connectivity index (χ1v) is 3.31.